The van der Waals surface area contributed by atoms with Crippen LogP contribution < -0.4 is 10.6 Å². The molecule has 0 saturated heterocycles. The number of amides is 2. The lowest BCUT2D eigenvalue weighted by Gasteiger charge is -2.28. The first-order valence-corrected chi connectivity index (χ1v) is 10.2. The van der Waals surface area contributed by atoms with Crippen molar-refractivity contribution in [2.75, 3.05) is 5.32 Å². The molecule has 148 valence electrons. The lowest BCUT2D eigenvalue weighted by atomic mass is 9.85. The summed E-state index contributed by atoms with van der Waals surface area (Å²) < 4.78 is 2.01. The van der Waals surface area contributed by atoms with E-state index < -0.39 is 0 Å². The SMILES string of the molecule is CC(=O)N[C@H]1CCC[C@@H](C(=O)Nc2cc(-c3cnn4c3CCC4)c(Cl)cn2)C1. The van der Waals surface area contributed by atoms with Crippen LogP contribution >= 0.6 is 11.6 Å². The van der Waals surface area contributed by atoms with Gasteiger partial charge in [0.15, 0.2) is 0 Å². The Morgan fingerprint density at radius 2 is 2.07 bits per heavy atom. The van der Waals surface area contributed by atoms with Crippen molar-refractivity contribution in [3.05, 3.63) is 29.2 Å². The summed E-state index contributed by atoms with van der Waals surface area (Å²) in [6, 6.07) is 1.88. The standard InChI is InChI=1S/C20H24ClN5O2/c1-12(27)24-14-5-2-4-13(8-14)20(28)25-19-9-15(17(21)11-22-19)16-10-23-26-7-3-6-18(16)26/h9-11,13-14H,2-8H2,1H3,(H,24,27)(H,22,25,28)/t13-,14+/m1/s1. The molecule has 0 spiro atoms. The zero-order valence-corrected chi connectivity index (χ0v) is 16.6. The van der Waals surface area contributed by atoms with Crippen LogP contribution in [0, 0.1) is 5.92 Å². The molecule has 1 saturated carbocycles. The van der Waals surface area contributed by atoms with E-state index in [2.05, 4.69) is 20.7 Å². The molecular weight excluding hydrogens is 378 g/mol. The molecule has 1 aliphatic heterocycles. The highest BCUT2D eigenvalue weighted by atomic mass is 35.5. The number of aromatic nitrogens is 3. The van der Waals surface area contributed by atoms with Gasteiger partial charge < -0.3 is 10.6 Å². The van der Waals surface area contributed by atoms with Gasteiger partial charge in [-0.1, -0.05) is 18.0 Å². The van der Waals surface area contributed by atoms with Gasteiger partial charge in [-0.05, 0) is 38.2 Å². The maximum Gasteiger partial charge on any atom is 0.228 e. The Hall–Kier alpha value is -2.41. The van der Waals surface area contributed by atoms with Gasteiger partial charge in [-0.25, -0.2) is 4.98 Å². The molecule has 2 N–H and O–H groups in total. The minimum Gasteiger partial charge on any atom is -0.354 e. The van der Waals surface area contributed by atoms with Crippen LogP contribution in [0.2, 0.25) is 5.02 Å². The van der Waals surface area contributed by atoms with E-state index in [0.717, 1.165) is 49.8 Å². The number of rotatable bonds is 4. The average Bonchev–Trinajstić information content (AvgIpc) is 3.27. The second-order valence-electron chi connectivity index (χ2n) is 7.63. The van der Waals surface area contributed by atoms with E-state index in [1.165, 1.54) is 12.6 Å². The first kappa shape index (κ1) is 18.9. The van der Waals surface area contributed by atoms with E-state index in [-0.39, 0.29) is 23.8 Å². The highest BCUT2D eigenvalue weighted by molar-refractivity contribution is 6.33. The first-order valence-electron chi connectivity index (χ1n) is 9.80. The summed E-state index contributed by atoms with van der Waals surface area (Å²) in [5.41, 5.74) is 3.02. The van der Waals surface area contributed by atoms with E-state index in [9.17, 15) is 9.59 Å². The number of hydrogen-bond acceptors (Lipinski definition) is 4. The lowest BCUT2D eigenvalue weighted by Crippen LogP contribution is -2.40. The minimum absolute atomic E-state index is 0.0521. The van der Waals surface area contributed by atoms with Gasteiger partial charge >= 0.3 is 0 Å². The molecule has 2 aromatic rings. The van der Waals surface area contributed by atoms with Crippen molar-refractivity contribution in [3.8, 4) is 11.1 Å². The number of anilines is 1. The minimum atomic E-state index is -0.132. The van der Waals surface area contributed by atoms with Gasteiger partial charge in [-0.3, -0.25) is 14.3 Å². The number of carbonyl (C=O) groups excluding carboxylic acids is 2. The van der Waals surface area contributed by atoms with E-state index >= 15 is 0 Å². The van der Waals surface area contributed by atoms with Crippen molar-refractivity contribution in [1.82, 2.24) is 20.1 Å². The van der Waals surface area contributed by atoms with Gasteiger partial charge in [0.1, 0.15) is 5.82 Å². The third kappa shape index (κ3) is 3.90. The molecule has 1 aliphatic carbocycles. The molecule has 0 bridgehead atoms. The number of fused-ring (bicyclic) bond motifs is 1. The molecule has 0 aromatic carbocycles. The lowest BCUT2D eigenvalue weighted by molar-refractivity contribution is -0.123. The van der Waals surface area contributed by atoms with E-state index in [0.29, 0.717) is 17.3 Å². The number of pyridine rings is 1. The average molecular weight is 402 g/mol. The number of hydrogen-bond donors (Lipinski definition) is 2. The fourth-order valence-electron chi connectivity index (χ4n) is 4.28. The maximum atomic E-state index is 12.8. The normalized spacial score (nSPS) is 21.2. The Bertz CT molecular complexity index is 910. The second kappa shape index (κ2) is 7.91. The smallest absolute Gasteiger partial charge is 0.228 e. The molecule has 3 heterocycles. The van der Waals surface area contributed by atoms with Crippen molar-refractivity contribution in [2.24, 2.45) is 5.92 Å². The van der Waals surface area contributed by atoms with Crippen LogP contribution in [0.4, 0.5) is 5.82 Å². The predicted molar refractivity (Wildman–Crippen MR) is 107 cm³/mol. The Morgan fingerprint density at radius 1 is 1.21 bits per heavy atom. The third-order valence-corrected chi connectivity index (χ3v) is 5.88. The number of carbonyl (C=O) groups is 2. The number of aryl methyl sites for hydroxylation is 1. The highest BCUT2D eigenvalue weighted by Gasteiger charge is 2.28. The van der Waals surface area contributed by atoms with E-state index in [1.54, 1.807) is 6.20 Å². The zero-order valence-electron chi connectivity index (χ0n) is 15.9. The third-order valence-electron chi connectivity index (χ3n) is 5.58. The van der Waals surface area contributed by atoms with Crippen molar-refractivity contribution in [1.29, 1.82) is 0 Å². The van der Waals surface area contributed by atoms with E-state index in [4.69, 9.17) is 11.6 Å². The van der Waals surface area contributed by atoms with Crippen molar-refractivity contribution < 1.29 is 9.59 Å². The molecule has 8 heteroatoms. The molecule has 0 unspecified atom stereocenters. The van der Waals surface area contributed by atoms with Crippen LogP contribution in [-0.2, 0) is 22.6 Å². The fraction of sp³-hybridized carbons (Fsp3) is 0.500. The van der Waals surface area contributed by atoms with Crippen LogP contribution in [0.15, 0.2) is 18.5 Å². The van der Waals surface area contributed by atoms with Gasteiger partial charge in [0.25, 0.3) is 0 Å². The molecule has 1 fully saturated rings. The maximum absolute atomic E-state index is 12.8. The molecule has 2 aliphatic rings. The molecule has 4 rings (SSSR count). The predicted octanol–water partition coefficient (Wildman–Crippen LogP) is 3.18. The molecule has 2 amide bonds. The number of halogens is 1. The summed E-state index contributed by atoms with van der Waals surface area (Å²) in [6.45, 7) is 2.44. The molecule has 0 radical (unpaired) electrons. The van der Waals surface area contributed by atoms with Crippen molar-refractivity contribution in [2.45, 2.75) is 58.0 Å². The van der Waals surface area contributed by atoms with Gasteiger partial charge in [0, 0.05) is 48.4 Å². The molecule has 28 heavy (non-hydrogen) atoms. The van der Waals surface area contributed by atoms with Crippen LogP contribution in [0.25, 0.3) is 11.1 Å². The topological polar surface area (TPSA) is 88.9 Å². The largest absolute Gasteiger partial charge is 0.354 e. The van der Waals surface area contributed by atoms with Gasteiger partial charge in [-0.15, -0.1) is 0 Å². The van der Waals surface area contributed by atoms with Crippen LogP contribution in [0.5, 0.6) is 0 Å². The van der Waals surface area contributed by atoms with Gasteiger partial charge in [0.2, 0.25) is 11.8 Å². The van der Waals surface area contributed by atoms with Crippen molar-refractivity contribution in [3.63, 3.8) is 0 Å². The van der Waals surface area contributed by atoms with Crippen LogP contribution in [0.1, 0.15) is 44.7 Å². The summed E-state index contributed by atoms with van der Waals surface area (Å²) in [4.78, 5) is 28.3. The monoisotopic (exact) mass is 401 g/mol. The Balaban J connectivity index is 1.49. The number of nitrogens with one attached hydrogen (secondary N) is 2. The van der Waals surface area contributed by atoms with Crippen LogP contribution in [0.3, 0.4) is 0 Å². The van der Waals surface area contributed by atoms with Crippen LogP contribution in [-0.4, -0.2) is 32.6 Å². The van der Waals surface area contributed by atoms with Gasteiger partial charge in [0.05, 0.1) is 11.2 Å². The molecule has 2 aromatic heterocycles. The molecule has 7 nitrogen and oxygen atoms in total. The Kier molecular flexibility index (Phi) is 5.35. The van der Waals surface area contributed by atoms with Crippen molar-refractivity contribution >= 4 is 29.2 Å². The number of nitrogens with zero attached hydrogens (tertiary/aromatic N) is 3. The first-order chi connectivity index (χ1) is 13.5. The quantitative estimate of drug-likeness (QED) is 0.823. The fourth-order valence-corrected chi connectivity index (χ4v) is 4.48. The summed E-state index contributed by atoms with van der Waals surface area (Å²) in [5, 5.41) is 10.8. The molecular formula is C20H24ClN5O2. The second-order valence-corrected chi connectivity index (χ2v) is 8.04. The highest BCUT2D eigenvalue weighted by Crippen LogP contribution is 2.34. The molecule has 2 atom stereocenters. The zero-order chi connectivity index (χ0) is 19.7. The van der Waals surface area contributed by atoms with Gasteiger partial charge in [-0.2, -0.15) is 5.10 Å². The Morgan fingerprint density at radius 3 is 2.89 bits per heavy atom. The summed E-state index contributed by atoms with van der Waals surface area (Å²) in [7, 11) is 0. The summed E-state index contributed by atoms with van der Waals surface area (Å²) >= 11 is 6.39. The van der Waals surface area contributed by atoms with E-state index in [1.807, 2.05) is 16.9 Å². The summed E-state index contributed by atoms with van der Waals surface area (Å²) in [6.07, 6.45) is 8.78. The Labute approximate surface area is 168 Å². The summed E-state index contributed by atoms with van der Waals surface area (Å²) in [5.74, 6) is 0.246.